The van der Waals surface area contributed by atoms with Crippen molar-refractivity contribution in [1.29, 1.82) is 0 Å². The van der Waals surface area contributed by atoms with Gasteiger partial charge in [-0.25, -0.2) is 4.52 Å². The molecule has 0 bridgehead atoms. The molecule has 0 saturated heterocycles. The van der Waals surface area contributed by atoms with Crippen LogP contribution in [0.25, 0.3) is 16.8 Å². The van der Waals surface area contributed by atoms with Gasteiger partial charge in [-0.15, -0.1) is 21.5 Å². The lowest BCUT2D eigenvalue weighted by molar-refractivity contribution is 0.0956. The van der Waals surface area contributed by atoms with Crippen LogP contribution in [0.3, 0.4) is 0 Å². The van der Waals surface area contributed by atoms with Gasteiger partial charge < -0.3 is 4.74 Å². The van der Waals surface area contributed by atoms with Gasteiger partial charge in [-0.2, -0.15) is 5.10 Å². The zero-order valence-electron chi connectivity index (χ0n) is 15.6. The van der Waals surface area contributed by atoms with Crippen LogP contribution >= 0.6 is 22.9 Å². The summed E-state index contributed by atoms with van der Waals surface area (Å²) in [6.45, 7) is 0.332. The Labute approximate surface area is 176 Å². The third kappa shape index (κ3) is 3.15. The van der Waals surface area contributed by atoms with E-state index in [1.807, 2.05) is 35.7 Å². The molecule has 29 heavy (non-hydrogen) atoms. The Morgan fingerprint density at radius 3 is 2.76 bits per heavy atom. The van der Waals surface area contributed by atoms with E-state index in [4.69, 9.17) is 21.4 Å². The first kappa shape index (κ1) is 18.4. The van der Waals surface area contributed by atoms with Gasteiger partial charge in [0.2, 0.25) is 0 Å². The van der Waals surface area contributed by atoms with E-state index < -0.39 is 0 Å². The Bertz CT molecular complexity index is 1200. The van der Waals surface area contributed by atoms with E-state index in [-0.39, 0.29) is 11.7 Å². The minimum absolute atomic E-state index is 0.0101. The number of rotatable bonds is 4. The van der Waals surface area contributed by atoms with Crippen molar-refractivity contribution in [2.24, 2.45) is 0 Å². The normalized spacial score (nSPS) is 16.3. The summed E-state index contributed by atoms with van der Waals surface area (Å²) in [5, 5.41) is 16.1. The third-order valence-corrected chi connectivity index (χ3v) is 6.49. The minimum Gasteiger partial charge on any atom is -0.378 e. The van der Waals surface area contributed by atoms with E-state index in [2.05, 4.69) is 16.3 Å². The van der Waals surface area contributed by atoms with Crippen LogP contribution in [0.2, 0.25) is 5.02 Å². The highest BCUT2D eigenvalue weighted by Gasteiger charge is 2.32. The zero-order valence-corrected chi connectivity index (χ0v) is 17.2. The van der Waals surface area contributed by atoms with Gasteiger partial charge in [0, 0.05) is 35.8 Å². The van der Waals surface area contributed by atoms with Gasteiger partial charge in [-0.1, -0.05) is 29.8 Å². The van der Waals surface area contributed by atoms with Crippen LogP contribution < -0.4 is 0 Å². The number of methoxy groups -OCH3 is 1. The maximum Gasteiger partial charge on any atom is 0.185 e. The Hall–Kier alpha value is -2.61. The number of ether oxygens (including phenoxy) is 1. The smallest absolute Gasteiger partial charge is 0.185 e. The summed E-state index contributed by atoms with van der Waals surface area (Å²) in [7, 11) is 1.63. The Morgan fingerprint density at radius 2 is 2.03 bits per heavy atom. The van der Waals surface area contributed by atoms with Crippen molar-refractivity contribution >= 4 is 34.4 Å². The molecule has 0 N–H and O–H groups in total. The second-order valence-electron chi connectivity index (χ2n) is 7.04. The molecule has 1 aliphatic carbocycles. The molecule has 1 atom stereocenters. The SMILES string of the molecule is COCc1nn2c3c(nnc2c1-c1ccc(Cl)cc1)C(=O)C[C@@H](c1cccs1)C3. The van der Waals surface area contributed by atoms with Crippen LogP contribution in [-0.2, 0) is 17.8 Å². The third-order valence-electron chi connectivity index (χ3n) is 5.20. The Morgan fingerprint density at radius 1 is 1.21 bits per heavy atom. The lowest BCUT2D eigenvalue weighted by Crippen LogP contribution is -2.23. The topological polar surface area (TPSA) is 69.4 Å². The van der Waals surface area contributed by atoms with Crippen molar-refractivity contribution < 1.29 is 9.53 Å². The fraction of sp³-hybridized carbons (Fsp3) is 0.238. The highest BCUT2D eigenvalue weighted by Crippen LogP contribution is 2.36. The number of hydrogen-bond donors (Lipinski definition) is 0. The maximum atomic E-state index is 12.8. The van der Waals surface area contributed by atoms with Gasteiger partial charge in [0.1, 0.15) is 0 Å². The van der Waals surface area contributed by atoms with Crippen LogP contribution in [-0.4, -0.2) is 32.7 Å². The van der Waals surface area contributed by atoms with Gasteiger partial charge in [0.05, 0.1) is 23.6 Å². The molecule has 5 rings (SSSR count). The zero-order chi connectivity index (χ0) is 20.0. The highest BCUT2D eigenvalue weighted by atomic mass is 35.5. The monoisotopic (exact) mass is 424 g/mol. The van der Waals surface area contributed by atoms with Crippen LogP contribution in [0.1, 0.15) is 39.1 Å². The molecule has 0 amide bonds. The summed E-state index contributed by atoms with van der Waals surface area (Å²) in [5.74, 6) is 0.146. The summed E-state index contributed by atoms with van der Waals surface area (Å²) in [6.07, 6.45) is 1.14. The van der Waals surface area contributed by atoms with Crippen molar-refractivity contribution in [1.82, 2.24) is 19.8 Å². The summed E-state index contributed by atoms with van der Waals surface area (Å²) in [6, 6.07) is 11.6. The van der Waals surface area contributed by atoms with E-state index in [0.717, 1.165) is 22.5 Å². The number of Topliss-reactive ketones (excluding diaryl/α,β-unsaturated/α-hetero) is 1. The summed E-state index contributed by atoms with van der Waals surface area (Å²) in [4.78, 5) is 14.0. The number of halogens is 1. The summed E-state index contributed by atoms with van der Waals surface area (Å²) < 4.78 is 7.15. The molecular formula is C21H17ClN4O2S. The van der Waals surface area contributed by atoms with Crippen molar-refractivity contribution in [2.45, 2.75) is 25.4 Å². The van der Waals surface area contributed by atoms with Crippen molar-refractivity contribution in [3.63, 3.8) is 0 Å². The largest absolute Gasteiger partial charge is 0.378 e. The molecule has 4 aromatic rings. The first-order valence-electron chi connectivity index (χ1n) is 9.24. The van der Waals surface area contributed by atoms with Crippen molar-refractivity contribution in [2.75, 3.05) is 7.11 Å². The number of hydrogen-bond acceptors (Lipinski definition) is 6. The molecule has 1 aromatic carbocycles. The number of ketones is 1. The second-order valence-corrected chi connectivity index (χ2v) is 8.45. The Kier molecular flexibility index (Phi) is 4.66. The predicted octanol–water partition coefficient (Wildman–Crippen LogP) is 4.57. The van der Waals surface area contributed by atoms with E-state index in [0.29, 0.717) is 35.8 Å². The van der Waals surface area contributed by atoms with Gasteiger partial charge >= 0.3 is 0 Å². The summed E-state index contributed by atoms with van der Waals surface area (Å²) in [5.41, 5.74) is 4.38. The van der Waals surface area contributed by atoms with Crippen LogP contribution in [0.5, 0.6) is 0 Å². The number of fused-ring (bicyclic) bond motifs is 3. The maximum absolute atomic E-state index is 12.8. The van der Waals surface area contributed by atoms with Gasteiger partial charge in [-0.3, -0.25) is 4.79 Å². The molecule has 8 heteroatoms. The van der Waals surface area contributed by atoms with Crippen LogP contribution in [0.4, 0.5) is 0 Å². The minimum atomic E-state index is 0.0101. The van der Waals surface area contributed by atoms with E-state index in [1.54, 1.807) is 23.0 Å². The molecule has 146 valence electrons. The van der Waals surface area contributed by atoms with E-state index in [1.165, 1.54) is 4.88 Å². The number of benzene rings is 1. The second kappa shape index (κ2) is 7.33. The van der Waals surface area contributed by atoms with Crippen LogP contribution in [0, 0.1) is 0 Å². The van der Waals surface area contributed by atoms with Gasteiger partial charge in [0.15, 0.2) is 17.1 Å². The number of nitrogens with zero attached hydrogens (tertiary/aromatic N) is 4. The fourth-order valence-corrected chi connectivity index (χ4v) is 4.85. The standard InChI is InChI=1S/C21H17ClN4O2S/c1-28-11-15-19(12-4-6-14(22)7-5-12)21-24-23-20-16(26(21)25-15)9-13(10-17(20)27)18-3-2-8-29-18/h2-8,13H,9-11H2,1H3/t13-/m0/s1. The molecule has 0 fully saturated rings. The molecule has 3 aromatic heterocycles. The van der Waals surface area contributed by atoms with Crippen molar-refractivity contribution in [3.8, 4) is 11.1 Å². The predicted molar refractivity (Wildman–Crippen MR) is 112 cm³/mol. The highest BCUT2D eigenvalue weighted by molar-refractivity contribution is 7.10. The number of carbonyl (C=O) groups excluding carboxylic acids is 1. The first-order chi connectivity index (χ1) is 14.2. The van der Waals surface area contributed by atoms with Gasteiger partial charge in [-0.05, 0) is 29.1 Å². The van der Waals surface area contributed by atoms with Gasteiger partial charge in [0.25, 0.3) is 0 Å². The Balaban J connectivity index is 1.70. The fourth-order valence-electron chi connectivity index (χ4n) is 3.89. The van der Waals surface area contributed by atoms with Crippen LogP contribution in [0.15, 0.2) is 41.8 Å². The molecular weight excluding hydrogens is 408 g/mol. The first-order valence-corrected chi connectivity index (χ1v) is 10.5. The molecule has 0 radical (unpaired) electrons. The number of thiophene rings is 1. The molecule has 0 saturated carbocycles. The molecule has 0 spiro atoms. The average Bonchev–Trinajstić information content (AvgIpc) is 3.37. The van der Waals surface area contributed by atoms with E-state index >= 15 is 0 Å². The number of aromatic nitrogens is 4. The van der Waals surface area contributed by atoms with Crippen molar-refractivity contribution in [3.05, 3.63) is 68.8 Å². The number of carbonyl (C=O) groups is 1. The van der Waals surface area contributed by atoms with E-state index in [9.17, 15) is 4.79 Å². The lowest BCUT2D eigenvalue weighted by Gasteiger charge is -2.21. The molecule has 0 aliphatic heterocycles. The quantitative estimate of drug-likeness (QED) is 0.480. The molecule has 0 unspecified atom stereocenters. The average molecular weight is 425 g/mol. The molecule has 3 heterocycles. The molecule has 6 nitrogen and oxygen atoms in total. The summed E-state index contributed by atoms with van der Waals surface area (Å²) >= 11 is 7.73. The lowest BCUT2D eigenvalue weighted by atomic mass is 9.87. The molecule has 1 aliphatic rings.